The maximum Gasteiger partial charge on any atom is 0.201 e. The minimum Gasteiger partial charge on any atom is -0.399 e. The van der Waals surface area contributed by atoms with Crippen molar-refractivity contribution < 1.29 is 4.74 Å². The van der Waals surface area contributed by atoms with Gasteiger partial charge in [-0.1, -0.05) is 13.8 Å². The number of methoxy groups -OCH3 is 1. The number of aromatic amines is 1. The fourth-order valence-corrected chi connectivity index (χ4v) is 1.85. The molecule has 0 radical (unpaired) electrons. The summed E-state index contributed by atoms with van der Waals surface area (Å²) in [6, 6.07) is 5.87. The molecule has 0 saturated carbocycles. The molecule has 0 spiro atoms. The molecule has 0 amide bonds. The molecule has 98 valence electrons. The van der Waals surface area contributed by atoms with Crippen molar-refractivity contribution in [1.29, 1.82) is 0 Å². The van der Waals surface area contributed by atoms with Crippen LogP contribution in [0.4, 0.5) is 11.6 Å². The van der Waals surface area contributed by atoms with Crippen molar-refractivity contribution in [3.63, 3.8) is 0 Å². The van der Waals surface area contributed by atoms with Gasteiger partial charge in [0.15, 0.2) is 0 Å². The quantitative estimate of drug-likeness (QED) is 0.709. The predicted molar refractivity (Wildman–Crippen MR) is 74.6 cm³/mol. The Morgan fingerprint density at radius 1 is 1.44 bits per heavy atom. The lowest BCUT2D eigenvalue weighted by Gasteiger charge is -2.20. The molecular weight excluding hydrogens is 228 g/mol. The summed E-state index contributed by atoms with van der Waals surface area (Å²) in [5.41, 5.74) is 8.32. The Balaban J connectivity index is 2.20. The number of nitrogens with one attached hydrogen (secondary N) is 2. The lowest BCUT2D eigenvalue weighted by Crippen LogP contribution is -2.30. The minimum absolute atomic E-state index is 0.230. The number of aromatic nitrogens is 2. The number of anilines is 2. The molecule has 0 aliphatic rings. The third kappa shape index (κ3) is 2.73. The minimum atomic E-state index is 0.230. The van der Waals surface area contributed by atoms with Crippen LogP contribution in [0.2, 0.25) is 0 Å². The van der Waals surface area contributed by atoms with Crippen molar-refractivity contribution in [1.82, 2.24) is 9.97 Å². The third-order valence-electron chi connectivity index (χ3n) is 2.98. The van der Waals surface area contributed by atoms with E-state index in [0.29, 0.717) is 12.5 Å². The Bertz CT molecular complexity index is 521. The van der Waals surface area contributed by atoms with Gasteiger partial charge in [-0.2, -0.15) is 0 Å². The van der Waals surface area contributed by atoms with E-state index in [0.717, 1.165) is 22.7 Å². The molecule has 0 aliphatic heterocycles. The van der Waals surface area contributed by atoms with E-state index in [2.05, 4.69) is 29.1 Å². The second-order valence-corrected chi connectivity index (χ2v) is 4.81. The number of fused-ring (bicyclic) bond motifs is 1. The van der Waals surface area contributed by atoms with E-state index in [4.69, 9.17) is 10.5 Å². The summed E-state index contributed by atoms with van der Waals surface area (Å²) >= 11 is 0. The third-order valence-corrected chi connectivity index (χ3v) is 2.98. The van der Waals surface area contributed by atoms with Crippen LogP contribution in [0, 0.1) is 5.92 Å². The van der Waals surface area contributed by atoms with Gasteiger partial charge in [0.1, 0.15) is 0 Å². The van der Waals surface area contributed by atoms with Crippen molar-refractivity contribution in [2.75, 3.05) is 24.8 Å². The van der Waals surface area contributed by atoms with Crippen LogP contribution in [-0.4, -0.2) is 29.7 Å². The van der Waals surface area contributed by atoms with Gasteiger partial charge < -0.3 is 20.8 Å². The first-order chi connectivity index (χ1) is 8.60. The summed E-state index contributed by atoms with van der Waals surface area (Å²) in [5.74, 6) is 1.22. The summed E-state index contributed by atoms with van der Waals surface area (Å²) in [7, 11) is 1.70. The van der Waals surface area contributed by atoms with Crippen LogP contribution in [0.15, 0.2) is 18.2 Å². The topological polar surface area (TPSA) is 76.0 Å². The lowest BCUT2D eigenvalue weighted by atomic mass is 10.1. The Hall–Kier alpha value is -1.75. The Morgan fingerprint density at radius 2 is 2.22 bits per heavy atom. The number of nitrogen functional groups attached to an aromatic ring is 1. The number of nitrogens with zero attached hydrogens (tertiary/aromatic N) is 1. The molecule has 1 heterocycles. The molecule has 1 unspecified atom stereocenters. The van der Waals surface area contributed by atoms with Gasteiger partial charge in [-0.3, -0.25) is 0 Å². The molecule has 0 saturated heterocycles. The maximum atomic E-state index is 5.74. The highest BCUT2D eigenvalue weighted by Crippen LogP contribution is 2.18. The van der Waals surface area contributed by atoms with E-state index in [9.17, 15) is 0 Å². The molecule has 1 aromatic carbocycles. The molecule has 1 atom stereocenters. The summed E-state index contributed by atoms with van der Waals surface area (Å²) in [6.45, 7) is 4.95. The number of nitrogens with two attached hydrogens (primary N) is 1. The fraction of sp³-hybridized carbons (Fsp3) is 0.462. The summed E-state index contributed by atoms with van der Waals surface area (Å²) in [5, 5.41) is 3.36. The van der Waals surface area contributed by atoms with Crippen LogP contribution < -0.4 is 11.1 Å². The largest absolute Gasteiger partial charge is 0.399 e. The average Bonchev–Trinajstić information content (AvgIpc) is 2.69. The van der Waals surface area contributed by atoms with Crippen molar-refractivity contribution in [3.8, 4) is 0 Å². The number of hydrogen-bond acceptors (Lipinski definition) is 4. The summed E-state index contributed by atoms with van der Waals surface area (Å²) in [4.78, 5) is 7.70. The van der Waals surface area contributed by atoms with Crippen LogP contribution in [0.3, 0.4) is 0 Å². The van der Waals surface area contributed by atoms with Crippen LogP contribution in [0.25, 0.3) is 11.0 Å². The summed E-state index contributed by atoms with van der Waals surface area (Å²) < 4.78 is 5.21. The van der Waals surface area contributed by atoms with Gasteiger partial charge in [0.2, 0.25) is 5.95 Å². The zero-order chi connectivity index (χ0) is 13.1. The van der Waals surface area contributed by atoms with E-state index >= 15 is 0 Å². The SMILES string of the molecule is COCC(Nc1nc2ccc(N)cc2[nH]1)C(C)C. The molecule has 18 heavy (non-hydrogen) atoms. The van der Waals surface area contributed by atoms with Crippen molar-refractivity contribution in [3.05, 3.63) is 18.2 Å². The number of imidazole rings is 1. The molecule has 2 rings (SSSR count). The molecule has 0 aliphatic carbocycles. The van der Waals surface area contributed by atoms with Gasteiger partial charge in [0.25, 0.3) is 0 Å². The second kappa shape index (κ2) is 5.27. The standard InChI is InChI=1S/C13H20N4O/c1-8(2)12(7-18-3)17-13-15-10-5-4-9(14)6-11(10)16-13/h4-6,8,12H,7,14H2,1-3H3,(H2,15,16,17). The zero-order valence-corrected chi connectivity index (χ0v) is 11.0. The molecule has 4 N–H and O–H groups in total. The highest BCUT2D eigenvalue weighted by Gasteiger charge is 2.14. The van der Waals surface area contributed by atoms with Gasteiger partial charge in [-0.05, 0) is 24.1 Å². The highest BCUT2D eigenvalue weighted by molar-refractivity contribution is 5.80. The zero-order valence-electron chi connectivity index (χ0n) is 11.0. The Kier molecular flexibility index (Phi) is 3.72. The van der Waals surface area contributed by atoms with Crippen LogP contribution in [0.1, 0.15) is 13.8 Å². The second-order valence-electron chi connectivity index (χ2n) is 4.81. The fourth-order valence-electron chi connectivity index (χ4n) is 1.85. The maximum absolute atomic E-state index is 5.74. The average molecular weight is 248 g/mol. The summed E-state index contributed by atoms with van der Waals surface area (Å²) in [6.07, 6.45) is 0. The first-order valence-electron chi connectivity index (χ1n) is 6.11. The smallest absolute Gasteiger partial charge is 0.201 e. The number of H-pyrrole nitrogens is 1. The lowest BCUT2D eigenvalue weighted by molar-refractivity contribution is 0.171. The van der Waals surface area contributed by atoms with Crippen molar-refractivity contribution >= 4 is 22.7 Å². The van der Waals surface area contributed by atoms with E-state index in [1.165, 1.54) is 0 Å². The molecule has 0 bridgehead atoms. The van der Waals surface area contributed by atoms with Crippen molar-refractivity contribution in [2.24, 2.45) is 5.92 Å². The number of benzene rings is 1. The van der Waals surface area contributed by atoms with Gasteiger partial charge in [-0.25, -0.2) is 4.98 Å². The van der Waals surface area contributed by atoms with Gasteiger partial charge in [0, 0.05) is 12.8 Å². The molecule has 5 nitrogen and oxygen atoms in total. The first kappa shape index (κ1) is 12.7. The van der Waals surface area contributed by atoms with E-state index in [1.807, 2.05) is 18.2 Å². The molecule has 2 aromatic rings. The first-order valence-corrected chi connectivity index (χ1v) is 6.11. The van der Waals surface area contributed by atoms with E-state index < -0.39 is 0 Å². The van der Waals surface area contributed by atoms with Crippen LogP contribution in [-0.2, 0) is 4.74 Å². The number of rotatable bonds is 5. The van der Waals surface area contributed by atoms with Crippen molar-refractivity contribution in [2.45, 2.75) is 19.9 Å². The van der Waals surface area contributed by atoms with Crippen LogP contribution in [0.5, 0.6) is 0 Å². The monoisotopic (exact) mass is 248 g/mol. The molecule has 5 heteroatoms. The predicted octanol–water partition coefficient (Wildman–Crippen LogP) is 2.23. The van der Waals surface area contributed by atoms with Gasteiger partial charge in [0.05, 0.1) is 23.7 Å². The number of hydrogen-bond donors (Lipinski definition) is 3. The molecule has 0 fully saturated rings. The highest BCUT2D eigenvalue weighted by atomic mass is 16.5. The van der Waals surface area contributed by atoms with E-state index in [1.54, 1.807) is 7.11 Å². The van der Waals surface area contributed by atoms with Gasteiger partial charge in [-0.15, -0.1) is 0 Å². The Morgan fingerprint density at radius 3 is 2.89 bits per heavy atom. The Labute approximate surface area is 107 Å². The normalized spacial score (nSPS) is 13.1. The molecular formula is C13H20N4O. The van der Waals surface area contributed by atoms with Gasteiger partial charge >= 0.3 is 0 Å². The molecule has 1 aromatic heterocycles. The van der Waals surface area contributed by atoms with E-state index in [-0.39, 0.29) is 6.04 Å². The van der Waals surface area contributed by atoms with Crippen LogP contribution >= 0.6 is 0 Å². The number of ether oxygens (including phenoxy) is 1.